The molecule has 2 heterocycles. The smallest absolute Gasteiger partial charge is 0.335 e. The van der Waals surface area contributed by atoms with Crippen LogP contribution < -0.4 is 5.32 Å². The van der Waals surface area contributed by atoms with E-state index in [-0.39, 0.29) is 11.9 Å². The molecule has 0 unspecified atom stereocenters. The second-order valence-electron chi connectivity index (χ2n) is 7.77. The van der Waals surface area contributed by atoms with Crippen molar-refractivity contribution in [3.8, 4) is 0 Å². The molecule has 0 bridgehead atoms. The average Bonchev–Trinajstić information content (AvgIpc) is 2.89. The van der Waals surface area contributed by atoms with Gasteiger partial charge >= 0.3 is 5.97 Å². The first-order chi connectivity index (χ1) is 13.0. The molecule has 154 valence electrons. The Morgan fingerprint density at radius 1 is 1.15 bits per heavy atom. The Labute approximate surface area is 164 Å². The van der Waals surface area contributed by atoms with Crippen molar-refractivity contribution in [3.63, 3.8) is 0 Å². The zero-order valence-corrected chi connectivity index (χ0v) is 17.6. The fourth-order valence-electron chi connectivity index (χ4n) is 4.27. The van der Waals surface area contributed by atoms with Gasteiger partial charge in [0.15, 0.2) is 0 Å². The van der Waals surface area contributed by atoms with Gasteiger partial charge in [0.2, 0.25) is 0 Å². The van der Waals surface area contributed by atoms with Crippen LogP contribution in [0.3, 0.4) is 0 Å². The van der Waals surface area contributed by atoms with Crippen molar-refractivity contribution in [2.24, 2.45) is 0 Å². The maximum Gasteiger partial charge on any atom is 0.335 e. The van der Waals surface area contributed by atoms with Gasteiger partial charge in [0.25, 0.3) is 5.91 Å². The average molecular weight is 380 g/mol. The maximum absolute atomic E-state index is 12.9. The van der Waals surface area contributed by atoms with Crippen molar-refractivity contribution in [2.75, 3.05) is 45.8 Å². The minimum atomic E-state index is -0.715. The van der Waals surface area contributed by atoms with Gasteiger partial charge in [-0.2, -0.15) is 0 Å². The Kier molecular flexibility index (Phi) is 8.29. The van der Waals surface area contributed by atoms with Gasteiger partial charge in [0, 0.05) is 38.0 Å². The van der Waals surface area contributed by atoms with Crippen LogP contribution in [0.2, 0.25) is 0 Å². The number of amides is 1. The van der Waals surface area contributed by atoms with E-state index in [4.69, 9.17) is 4.74 Å². The predicted octanol–water partition coefficient (Wildman–Crippen LogP) is 2.34. The van der Waals surface area contributed by atoms with Crippen LogP contribution in [0.15, 0.2) is 11.1 Å². The molecule has 0 radical (unpaired) electrons. The van der Waals surface area contributed by atoms with Crippen LogP contribution in [0.25, 0.3) is 0 Å². The number of piperidine rings is 1. The highest BCUT2D eigenvalue weighted by molar-refractivity contribution is 6.07. The molecule has 2 aliphatic heterocycles. The van der Waals surface area contributed by atoms with Gasteiger partial charge in [-0.3, -0.25) is 4.79 Å². The van der Waals surface area contributed by atoms with E-state index in [0.717, 1.165) is 58.5 Å². The van der Waals surface area contributed by atoms with Crippen molar-refractivity contribution in [1.82, 2.24) is 15.1 Å². The summed E-state index contributed by atoms with van der Waals surface area (Å²) in [4.78, 5) is 29.9. The van der Waals surface area contributed by atoms with E-state index in [1.807, 2.05) is 0 Å². The number of carbonyl (C=O) groups excluding carboxylic acids is 2. The number of rotatable bonds is 10. The molecule has 0 atom stereocenters. The lowest BCUT2D eigenvalue weighted by Crippen LogP contribution is -2.48. The van der Waals surface area contributed by atoms with Gasteiger partial charge in [0.1, 0.15) is 5.60 Å². The summed E-state index contributed by atoms with van der Waals surface area (Å²) in [6.07, 6.45) is 4.62. The summed E-state index contributed by atoms with van der Waals surface area (Å²) < 4.78 is 5.73. The number of nitrogens with one attached hydrogen (secondary N) is 1. The molecule has 6 nitrogen and oxygen atoms in total. The number of nitrogens with zero attached hydrogens (tertiary/aromatic N) is 2. The van der Waals surface area contributed by atoms with Crippen LogP contribution >= 0.6 is 0 Å². The van der Waals surface area contributed by atoms with Crippen LogP contribution in [0.5, 0.6) is 0 Å². The second-order valence-corrected chi connectivity index (χ2v) is 7.77. The Hall–Kier alpha value is -1.40. The zero-order chi connectivity index (χ0) is 19.9. The molecule has 1 saturated heterocycles. The molecule has 0 aromatic rings. The highest BCUT2D eigenvalue weighted by Gasteiger charge is 2.50. The van der Waals surface area contributed by atoms with Crippen molar-refractivity contribution >= 4 is 11.9 Å². The third-order valence-corrected chi connectivity index (χ3v) is 5.78. The Morgan fingerprint density at radius 2 is 1.78 bits per heavy atom. The molecular weight excluding hydrogens is 342 g/mol. The van der Waals surface area contributed by atoms with Crippen LogP contribution in [-0.4, -0.2) is 73.1 Å². The molecule has 1 amide bonds. The lowest BCUT2D eigenvalue weighted by molar-refractivity contribution is -0.150. The summed E-state index contributed by atoms with van der Waals surface area (Å²) in [7, 11) is 0. The van der Waals surface area contributed by atoms with E-state index in [2.05, 4.69) is 35.9 Å². The van der Waals surface area contributed by atoms with Crippen LogP contribution in [-0.2, 0) is 14.3 Å². The van der Waals surface area contributed by atoms with Gasteiger partial charge in [-0.25, -0.2) is 4.79 Å². The zero-order valence-electron chi connectivity index (χ0n) is 17.6. The van der Waals surface area contributed by atoms with Gasteiger partial charge in [-0.1, -0.05) is 20.8 Å². The molecule has 1 N–H and O–H groups in total. The van der Waals surface area contributed by atoms with Crippen LogP contribution in [0.1, 0.15) is 59.8 Å². The van der Waals surface area contributed by atoms with E-state index < -0.39 is 5.60 Å². The topological polar surface area (TPSA) is 61.9 Å². The van der Waals surface area contributed by atoms with E-state index in [1.54, 1.807) is 6.92 Å². The minimum absolute atomic E-state index is 0.124. The van der Waals surface area contributed by atoms with Crippen molar-refractivity contribution in [2.45, 2.75) is 65.4 Å². The molecular formula is C21H37N3O3. The molecule has 0 aromatic heterocycles. The SMILES string of the molecule is CCCN(CCC)CCCNC(=O)C1=C(C)C(=O)OC12CCN(CC)CC2. The number of hydrogen-bond acceptors (Lipinski definition) is 5. The molecule has 0 saturated carbocycles. The molecule has 1 spiro atoms. The highest BCUT2D eigenvalue weighted by atomic mass is 16.6. The second kappa shape index (κ2) is 10.2. The lowest BCUT2D eigenvalue weighted by atomic mass is 9.82. The number of carbonyl (C=O) groups is 2. The summed E-state index contributed by atoms with van der Waals surface area (Å²) in [6, 6.07) is 0. The molecule has 0 aromatic carbocycles. The third kappa shape index (κ3) is 5.32. The molecule has 27 heavy (non-hydrogen) atoms. The fraction of sp³-hybridized carbons (Fsp3) is 0.810. The quantitative estimate of drug-likeness (QED) is 0.466. The van der Waals surface area contributed by atoms with Crippen molar-refractivity contribution in [1.29, 1.82) is 0 Å². The van der Waals surface area contributed by atoms with Crippen molar-refractivity contribution in [3.05, 3.63) is 11.1 Å². The lowest BCUT2D eigenvalue weighted by Gasteiger charge is -2.39. The number of hydrogen-bond donors (Lipinski definition) is 1. The van der Waals surface area contributed by atoms with Gasteiger partial charge in [-0.15, -0.1) is 0 Å². The summed E-state index contributed by atoms with van der Waals surface area (Å²) >= 11 is 0. The first-order valence-electron chi connectivity index (χ1n) is 10.6. The monoisotopic (exact) mass is 379 g/mol. The van der Waals surface area contributed by atoms with Crippen molar-refractivity contribution < 1.29 is 14.3 Å². The Morgan fingerprint density at radius 3 is 2.33 bits per heavy atom. The minimum Gasteiger partial charge on any atom is -0.450 e. The molecule has 1 fully saturated rings. The number of likely N-dealkylation sites (tertiary alicyclic amines) is 1. The third-order valence-electron chi connectivity index (χ3n) is 5.78. The summed E-state index contributed by atoms with van der Waals surface area (Å²) in [5.74, 6) is -0.456. The van der Waals surface area contributed by atoms with Crippen LogP contribution in [0.4, 0.5) is 0 Å². The van der Waals surface area contributed by atoms with E-state index in [0.29, 0.717) is 30.5 Å². The summed E-state index contributed by atoms with van der Waals surface area (Å²) in [5, 5.41) is 3.04. The standard InChI is InChI=1S/C21H37N3O3/c1-5-12-24(13-6-2)14-8-11-22-19(25)18-17(4)20(26)27-21(18)9-15-23(7-3)16-10-21/h5-16H2,1-4H3,(H,22,25). The molecule has 0 aliphatic carbocycles. The molecule has 2 aliphatic rings. The summed E-state index contributed by atoms with van der Waals surface area (Å²) in [6.45, 7) is 14.8. The van der Waals surface area contributed by atoms with Gasteiger partial charge in [-0.05, 0) is 52.4 Å². The largest absolute Gasteiger partial charge is 0.450 e. The normalized spacial score (nSPS) is 19.8. The summed E-state index contributed by atoms with van der Waals surface area (Å²) in [5.41, 5.74) is 0.339. The maximum atomic E-state index is 12.9. The van der Waals surface area contributed by atoms with Crippen LogP contribution in [0, 0.1) is 0 Å². The first kappa shape index (κ1) is 21.9. The van der Waals surface area contributed by atoms with Gasteiger partial charge in [0.05, 0.1) is 5.57 Å². The molecule has 2 rings (SSSR count). The molecule has 6 heteroatoms. The van der Waals surface area contributed by atoms with E-state index in [1.165, 1.54) is 0 Å². The fourth-order valence-corrected chi connectivity index (χ4v) is 4.27. The van der Waals surface area contributed by atoms with Gasteiger partial charge < -0.3 is 19.9 Å². The number of ether oxygens (including phenoxy) is 1. The number of esters is 1. The predicted molar refractivity (Wildman–Crippen MR) is 108 cm³/mol. The van der Waals surface area contributed by atoms with E-state index in [9.17, 15) is 9.59 Å². The van der Waals surface area contributed by atoms with E-state index >= 15 is 0 Å². The Balaban J connectivity index is 1.92. The first-order valence-corrected chi connectivity index (χ1v) is 10.6. The Bertz CT molecular complexity index is 545. The highest BCUT2D eigenvalue weighted by Crippen LogP contribution is 2.40.